The maximum atomic E-state index is 14.3. The Hall–Kier alpha value is -2.10. The summed E-state index contributed by atoms with van der Waals surface area (Å²) in [5, 5.41) is 9.30. The number of nitrogens with zero attached hydrogens (tertiary/aromatic N) is 3. The number of carbonyl (C=O) groups is 3. The highest BCUT2D eigenvalue weighted by atomic mass is 79.9. The van der Waals surface area contributed by atoms with E-state index in [4.69, 9.17) is 0 Å². The molecule has 3 aliphatic heterocycles. The number of hydrogen-bond acceptors (Lipinski definition) is 5. The number of hydrogen-bond donors (Lipinski definition) is 1. The molecule has 4 rings (SSSR count). The van der Waals surface area contributed by atoms with Crippen molar-refractivity contribution in [3.8, 4) is 0 Å². The summed E-state index contributed by atoms with van der Waals surface area (Å²) in [5.74, 6) is -1.36. The fourth-order valence-electron chi connectivity index (χ4n) is 6.58. The van der Waals surface area contributed by atoms with Crippen molar-refractivity contribution in [1.82, 2.24) is 14.7 Å². The van der Waals surface area contributed by atoms with Gasteiger partial charge in [0, 0.05) is 48.9 Å². The highest BCUT2D eigenvalue weighted by Crippen LogP contribution is 2.68. The Bertz CT molecular complexity index is 1090. The van der Waals surface area contributed by atoms with E-state index in [1.165, 1.54) is 0 Å². The Balaban J connectivity index is 1.73. The van der Waals surface area contributed by atoms with Gasteiger partial charge in [-0.05, 0) is 38.7 Å². The van der Waals surface area contributed by atoms with E-state index < -0.39 is 22.6 Å². The second-order valence-corrected chi connectivity index (χ2v) is 13.7. The van der Waals surface area contributed by atoms with E-state index in [1.54, 1.807) is 38.6 Å². The van der Waals surface area contributed by atoms with E-state index in [0.717, 1.165) is 5.56 Å². The van der Waals surface area contributed by atoms with Crippen LogP contribution in [0.15, 0.2) is 55.6 Å². The second-order valence-electron chi connectivity index (χ2n) is 11.0. The lowest BCUT2D eigenvalue weighted by atomic mass is 9.70. The number of fused-ring (bicyclic) bond motifs is 1. The molecule has 3 aliphatic rings. The van der Waals surface area contributed by atoms with Gasteiger partial charge in [0.15, 0.2) is 0 Å². The van der Waals surface area contributed by atoms with E-state index in [2.05, 4.69) is 29.1 Å². The molecule has 0 aromatic heterocycles. The third-order valence-electron chi connectivity index (χ3n) is 8.23. The van der Waals surface area contributed by atoms with Gasteiger partial charge in [-0.15, -0.1) is 24.9 Å². The summed E-state index contributed by atoms with van der Waals surface area (Å²) in [6.45, 7) is 13.3. The molecule has 7 nitrogen and oxygen atoms in total. The van der Waals surface area contributed by atoms with Gasteiger partial charge >= 0.3 is 0 Å². The van der Waals surface area contributed by atoms with Crippen molar-refractivity contribution >= 4 is 45.4 Å². The lowest BCUT2D eigenvalue weighted by Gasteiger charge is -2.39. The van der Waals surface area contributed by atoms with E-state index in [9.17, 15) is 19.5 Å². The molecule has 3 unspecified atom stereocenters. The van der Waals surface area contributed by atoms with E-state index >= 15 is 0 Å². The molecular weight excluding hydrogens is 578 g/mol. The Morgan fingerprint density at radius 2 is 1.87 bits per heavy atom. The van der Waals surface area contributed by atoms with Gasteiger partial charge in [-0.1, -0.05) is 58.4 Å². The number of benzene rings is 1. The number of unbranched alkanes of at least 4 members (excludes halogenated alkanes) is 1. The molecule has 39 heavy (non-hydrogen) atoms. The maximum Gasteiger partial charge on any atom is 0.247 e. The van der Waals surface area contributed by atoms with Crippen LogP contribution in [0.25, 0.3) is 0 Å². The number of aliphatic hydroxyl groups excluding tert-OH is 1. The molecular formula is C30H40BrN3O4S. The van der Waals surface area contributed by atoms with Gasteiger partial charge in [-0.25, -0.2) is 0 Å². The molecule has 0 saturated carbocycles. The largest absolute Gasteiger partial charge is 0.396 e. The van der Waals surface area contributed by atoms with Gasteiger partial charge in [0.1, 0.15) is 6.04 Å². The predicted molar refractivity (Wildman–Crippen MR) is 159 cm³/mol. The van der Waals surface area contributed by atoms with Crippen LogP contribution in [0, 0.1) is 11.8 Å². The van der Waals surface area contributed by atoms with Crippen LogP contribution < -0.4 is 0 Å². The molecule has 3 saturated heterocycles. The minimum atomic E-state index is -0.687. The van der Waals surface area contributed by atoms with Crippen molar-refractivity contribution < 1.29 is 19.5 Å². The first kappa shape index (κ1) is 29.9. The fraction of sp³-hybridized carbons (Fsp3) is 0.567. The van der Waals surface area contributed by atoms with Crippen molar-refractivity contribution in [1.29, 1.82) is 0 Å². The summed E-state index contributed by atoms with van der Waals surface area (Å²) < 4.78 is -0.687. The third-order valence-corrected chi connectivity index (χ3v) is 11.4. The highest BCUT2D eigenvalue weighted by molar-refractivity contribution is 9.09. The second kappa shape index (κ2) is 12.6. The standard InChI is InChI=1S/C30H40BrN3O4S/c1-5-14-32(19-21-12-8-7-9-13-21)27(36)23-24-28(37)34(16-10-11-17-35)26(29(38)33(15-6-2)20(3)4)30(24)18-22(31)25(23)39-30/h5-9,12-13,20,22-26,35H,1-2,10-11,14-19H2,3-4H3/t22?,23-,24+,25-,26?,30?/m1/s1. The maximum absolute atomic E-state index is 14.3. The Kier molecular flexibility index (Phi) is 9.65. The molecule has 0 aliphatic carbocycles. The summed E-state index contributed by atoms with van der Waals surface area (Å²) in [7, 11) is 0. The zero-order chi connectivity index (χ0) is 28.3. The molecule has 0 radical (unpaired) electrons. The zero-order valence-corrected chi connectivity index (χ0v) is 25.3. The minimum Gasteiger partial charge on any atom is -0.396 e. The van der Waals surface area contributed by atoms with Crippen molar-refractivity contribution in [2.24, 2.45) is 11.8 Å². The average Bonchev–Trinajstić information content (AvgIpc) is 3.50. The topological polar surface area (TPSA) is 81.2 Å². The van der Waals surface area contributed by atoms with Gasteiger partial charge < -0.3 is 19.8 Å². The minimum absolute atomic E-state index is 0.0161. The molecule has 212 valence electrons. The van der Waals surface area contributed by atoms with Crippen LogP contribution in [-0.4, -0.2) is 90.7 Å². The molecule has 3 amide bonds. The lowest BCUT2D eigenvalue weighted by Crippen LogP contribution is -2.57. The number of alkyl halides is 1. The smallest absolute Gasteiger partial charge is 0.247 e. The number of halogens is 1. The molecule has 1 N–H and O–H groups in total. The van der Waals surface area contributed by atoms with Crippen molar-refractivity contribution in [2.45, 2.75) is 66.6 Å². The Labute approximate surface area is 244 Å². The SMILES string of the molecule is C=CCN(Cc1ccccc1)C(=O)[C@H]1[C@@H]2SC3(CC2Br)C(C(=O)N(CC=C)C(C)C)N(CCCCO)C(=O)[C@H]13. The summed E-state index contributed by atoms with van der Waals surface area (Å²) in [6.07, 6.45) is 5.23. The number of thioether (sulfide) groups is 1. The third kappa shape index (κ3) is 5.46. The van der Waals surface area contributed by atoms with E-state index in [-0.39, 0.29) is 40.4 Å². The quantitative estimate of drug-likeness (QED) is 0.206. The number of likely N-dealkylation sites (tertiary alicyclic amines) is 1. The summed E-state index contributed by atoms with van der Waals surface area (Å²) in [4.78, 5) is 48.1. The van der Waals surface area contributed by atoms with Crippen LogP contribution in [-0.2, 0) is 20.9 Å². The normalized spacial score (nSPS) is 29.0. The number of amides is 3. The Morgan fingerprint density at radius 1 is 1.18 bits per heavy atom. The first-order valence-electron chi connectivity index (χ1n) is 13.8. The van der Waals surface area contributed by atoms with Crippen molar-refractivity contribution in [2.75, 3.05) is 26.2 Å². The summed E-state index contributed by atoms with van der Waals surface area (Å²) in [6, 6.07) is 9.11. The molecule has 2 bridgehead atoms. The van der Waals surface area contributed by atoms with Gasteiger partial charge in [0.05, 0.1) is 16.6 Å². The summed E-state index contributed by atoms with van der Waals surface area (Å²) >= 11 is 5.51. The molecule has 9 heteroatoms. The molecule has 1 aromatic rings. The van der Waals surface area contributed by atoms with Gasteiger partial charge in [0.2, 0.25) is 17.7 Å². The van der Waals surface area contributed by atoms with Crippen LogP contribution in [0.1, 0.15) is 38.7 Å². The van der Waals surface area contributed by atoms with E-state index in [1.807, 2.05) is 44.2 Å². The van der Waals surface area contributed by atoms with Gasteiger partial charge in [-0.3, -0.25) is 14.4 Å². The molecule has 6 atom stereocenters. The fourth-order valence-corrected chi connectivity index (χ4v) is 10.2. The molecule has 3 heterocycles. The number of rotatable bonds is 13. The average molecular weight is 619 g/mol. The zero-order valence-electron chi connectivity index (χ0n) is 22.9. The highest BCUT2D eigenvalue weighted by Gasteiger charge is 2.76. The van der Waals surface area contributed by atoms with Crippen LogP contribution in [0.2, 0.25) is 0 Å². The Morgan fingerprint density at radius 3 is 2.49 bits per heavy atom. The molecule has 1 spiro atoms. The van der Waals surface area contributed by atoms with Crippen molar-refractivity contribution in [3.05, 3.63) is 61.2 Å². The predicted octanol–water partition coefficient (Wildman–Crippen LogP) is 3.86. The van der Waals surface area contributed by atoms with Crippen LogP contribution in [0.5, 0.6) is 0 Å². The summed E-state index contributed by atoms with van der Waals surface area (Å²) in [5.41, 5.74) is 1.02. The molecule has 3 fully saturated rings. The lowest BCUT2D eigenvalue weighted by molar-refractivity contribution is -0.145. The van der Waals surface area contributed by atoms with Gasteiger partial charge in [0.25, 0.3) is 0 Å². The monoisotopic (exact) mass is 617 g/mol. The van der Waals surface area contributed by atoms with Crippen LogP contribution in [0.3, 0.4) is 0 Å². The van der Waals surface area contributed by atoms with Gasteiger partial charge in [-0.2, -0.15) is 0 Å². The first-order chi connectivity index (χ1) is 18.7. The molecule has 1 aromatic carbocycles. The van der Waals surface area contributed by atoms with E-state index in [0.29, 0.717) is 45.4 Å². The van der Waals surface area contributed by atoms with Crippen LogP contribution in [0.4, 0.5) is 0 Å². The first-order valence-corrected chi connectivity index (χ1v) is 15.6. The number of carbonyl (C=O) groups excluding carboxylic acids is 3. The van der Waals surface area contributed by atoms with Crippen LogP contribution >= 0.6 is 27.7 Å². The van der Waals surface area contributed by atoms with Crippen molar-refractivity contribution in [3.63, 3.8) is 0 Å². The number of aliphatic hydroxyl groups is 1.